The molecule has 0 rings (SSSR count). The molecule has 0 N–H and O–H groups in total. The van der Waals surface area contributed by atoms with Crippen molar-refractivity contribution in [2.45, 2.75) is 18.5 Å². The van der Waals surface area contributed by atoms with Gasteiger partial charge in [0.15, 0.2) is 0 Å². The first-order chi connectivity index (χ1) is 5.17. The van der Waals surface area contributed by atoms with E-state index in [2.05, 4.69) is 0 Å². The van der Waals surface area contributed by atoms with Gasteiger partial charge in [-0.3, -0.25) is 4.21 Å². The smallest absolute Gasteiger partial charge is 0.260 e. The van der Waals surface area contributed by atoms with Crippen LogP contribution in [-0.2, 0) is 10.8 Å². The Morgan fingerprint density at radius 3 is 1.83 bits per heavy atom. The Morgan fingerprint density at radius 1 is 1.17 bits per heavy atom. The van der Waals surface area contributed by atoms with E-state index in [0.29, 0.717) is 0 Å². The zero-order valence-electron chi connectivity index (χ0n) is 6.12. The SMILES string of the molecule is CS(=O)CCC(F)(F)C(F)(F)F. The molecule has 0 aliphatic rings. The van der Waals surface area contributed by atoms with E-state index in [-0.39, 0.29) is 0 Å². The lowest BCUT2D eigenvalue weighted by Gasteiger charge is -2.18. The molecule has 1 atom stereocenters. The molecule has 7 heteroatoms. The van der Waals surface area contributed by atoms with Crippen LogP contribution >= 0.6 is 0 Å². The molecule has 0 bridgehead atoms. The maximum Gasteiger partial charge on any atom is 0.453 e. The van der Waals surface area contributed by atoms with Gasteiger partial charge in [0.2, 0.25) is 0 Å². The standard InChI is InChI=1S/C5H7F5OS/c1-12(11)3-2-4(6,7)5(8,9)10/h2-3H2,1H3. The molecule has 0 aliphatic carbocycles. The molecule has 0 fully saturated rings. The summed E-state index contributed by atoms with van der Waals surface area (Å²) in [5.74, 6) is -5.37. The van der Waals surface area contributed by atoms with Gasteiger partial charge in [-0.25, -0.2) is 0 Å². The molecule has 1 nitrogen and oxygen atoms in total. The third kappa shape index (κ3) is 3.46. The van der Waals surface area contributed by atoms with Crippen molar-refractivity contribution in [3.05, 3.63) is 0 Å². The average Bonchev–Trinajstić information content (AvgIpc) is 1.81. The molecule has 0 radical (unpaired) electrons. The molecule has 0 aromatic heterocycles. The minimum Gasteiger partial charge on any atom is -0.260 e. The van der Waals surface area contributed by atoms with Crippen molar-refractivity contribution < 1.29 is 26.2 Å². The van der Waals surface area contributed by atoms with Crippen molar-refractivity contribution >= 4 is 10.8 Å². The highest BCUT2D eigenvalue weighted by atomic mass is 32.2. The second kappa shape index (κ2) is 3.68. The number of rotatable bonds is 3. The van der Waals surface area contributed by atoms with Crippen LogP contribution in [0.5, 0.6) is 0 Å². The summed E-state index contributed by atoms with van der Waals surface area (Å²) in [4.78, 5) is 0. The predicted molar refractivity (Wildman–Crippen MR) is 34.6 cm³/mol. The Labute approximate surface area is 68.4 Å². The number of hydrogen-bond donors (Lipinski definition) is 0. The van der Waals surface area contributed by atoms with Gasteiger partial charge in [0.1, 0.15) is 0 Å². The van der Waals surface area contributed by atoms with Crippen LogP contribution in [0.4, 0.5) is 22.0 Å². The predicted octanol–water partition coefficient (Wildman–Crippen LogP) is 1.95. The quantitative estimate of drug-likeness (QED) is 0.651. The highest BCUT2D eigenvalue weighted by molar-refractivity contribution is 7.84. The van der Waals surface area contributed by atoms with Crippen molar-refractivity contribution in [2.24, 2.45) is 0 Å². The van der Waals surface area contributed by atoms with Gasteiger partial charge in [-0.15, -0.1) is 0 Å². The fourth-order valence-corrected chi connectivity index (χ4v) is 0.957. The van der Waals surface area contributed by atoms with Crippen molar-refractivity contribution in [1.29, 1.82) is 0 Å². The topological polar surface area (TPSA) is 17.1 Å². The van der Waals surface area contributed by atoms with Gasteiger partial charge in [-0.05, 0) is 0 Å². The molecule has 0 aromatic rings. The minimum absolute atomic E-state index is 0.646. The summed E-state index contributed by atoms with van der Waals surface area (Å²) in [6, 6.07) is 0. The van der Waals surface area contributed by atoms with Crippen LogP contribution < -0.4 is 0 Å². The molecule has 0 aliphatic heterocycles. The highest BCUT2D eigenvalue weighted by Gasteiger charge is 2.56. The van der Waals surface area contributed by atoms with Crippen molar-refractivity contribution in [1.82, 2.24) is 0 Å². The normalized spacial score (nSPS) is 16.2. The second-order valence-electron chi connectivity index (χ2n) is 2.23. The summed E-state index contributed by atoms with van der Waals surface area (Å²) in [5, 5.41) is 0. The number of halogens is 5. The van der Waals surface area contributed by atoms with E-state index in [1.807, 2.05) is 0 Å². The number of hydrogen-bond acceptors (Lipinski definition) is 1. The van der Waals surface area contributed by atoms with Gasteiger partial charge in [0.05, 0.1) is 0 Å². The zero-order valence-corrected chi connectivity index (χ0v) is 6.94. The van der Waals surface area contributed by atoms with Crippen molar-refractivity contribution in [3.63, 3.8) is 0 Å². The molecule has 12 heavy (non-hydrogen) atoms. The Kier molecular flexibility index (Phi) is 3.61. The van der Waals surface area contributed by atoms with E-state index in [1.54, 1.807) is 0 Å². The molecule has 0 saturated heterocycles. The Balaban J connectivity index is 4.14. The molecule has 0 aromatic carbocycles. The van der Waals surface area contributed by atoms with Gasteiger partial charge >= 0.3 is 12.1 Å². The van der Waals surface area contributed by atoms with E-state index in [4.69, 9.17) is 0 Å². The van der Waals surface area contributed by atoms with Crippen LogP contribution in [0, 0.1) is 0 Å². The third-order valence-electron chi connectivity index (χ3n) is 1.12. The van der Waals surface area contributed by atoms with E-state index >= 15 is 0 Å². The van der Waals surface area contributed by atoms with Crippen LogP contribution in [0.3, 0.4) is 0 Å². The van der Waals surface area contributed by atoms with Crippen LogP contribution in [0.25, 0.3) is 0 Å². The number of alkyl halides is 5. The van der Waals surface area contributed by atoms with Crippen LogP contribution in [0.2, 0.25) is 0 Å². The van der Waals surface area contributed by atoms with Gasteiger partial charge in [0, 0.05) is 29.2 Å². The van der Waals surface area contributed by atoms with Gasteiger partial charge < -0.3 is 0 Å². The lowest BCUT2D eigenvalue weighted by atomic mass is 10.2. The lowest BCUT2D eigenvalue weighted by molar-refractivity contribution is -0.282. The third-order valence-corrected chi connectivity index (χ3v) is 1.90. The van der Waals surface area contributed by atoms with Gasteiger partial charge in [-0.1, -0.05) is 0 Å². The summed E-state index contributed by atoms with van der Waals surface area (Å²) < 4.78 is 68.6. The molecule has 1 unspecified atom stereocenters. The maximum atomic E-state index is 12.0. The Hall–Kier alpha value is -0.200. The summed E-state index contributed by atoms with van der Waals surface area (Å²) in [6.45, 7) is 0. The fourth-order valence-electron chi connectivity index (χ4n) is 0.414. The molecule has 0 heterocycles. The van der Waals surface area contributed by atoms with Crippen molar-refractivity contribution in [3.8, 4) is 0 Å². The molecule has 0 amide bonds. The highest BCUT2D eigenvalue weighted by Crippen LogP contribution is 2.37. The van der Waals surface area contributed by atoms with Gasteiger partial charge in [0.25, 0.3) is 0 Å². The maximum absolute atomic E-state index is 12.0. The van der Waals surface area contributed by atoms with E-state index < -0.39 is 35.1 Å². The summed E-state index contributed by atoms with van der Waals surface area (Å²) in [6.07, 6.45) is -5.88. The van der Waals surface area contributed by atoms with Crippen molar-refractivity contribution in [2.75, 3.05) is 12.0 Å². The minimum atomic E-state index is -5.54. The van der Waals surface area contributed by atoms with Crippen LogP contribution in [0.15, 0.2) is 0 Å². The van der Waals surface area contributed by atoms with Crippen LogP contribution in [-0.4, -0.2) is 28.3 Å². The summed E-state index contributed by atoms with van der Waals surface area (Å²) in [5.41, 5.74) is 0. The largest absolute Gasteiger partial charge is 0.453 e. The first kappa shape index (κ1) is 11.8. The fraction of sp³-hybridized carbons (Fsp3) is 1.00. The Bertz CT molecular complexity index is 175. The van der Waals surface area contributed by atoms with Gasteiger partial charge in [-0.2, -0.15) is 22.0 Å². The molecular formula is C5H7F5OS. The van der Waals surface area contributed by atoms with E-state index in [9.17, 15) is 26.2 Å². The van der Waals surface area contributed by atoms with Crippen LogP contribution in [0.1, 0.15) is 6.42 Å². The Morgan fingerprint density at radius 2 is 1.58 bits per heavy atom. The average molecular weight is 210 g/mol. The summed E-state index contributed by atoms with van der Waals surface area (Å²) in [7, 11) is -1.63. The lowest BCUT2D eigenvalue weighted by Crippen LogP contribution is -2.37. The first-order valence-corrected chi connectivity index (χ1v) is 4.64. The molecule has 0 saturated carbocycles. The van der Waals surface area contributed by atoms with E-state index in [0.717, 1.165) is 6.26 Å². The van der Waals surface area contributed by atoms with E-state index in [1.165, 1.54) is 0 Å². The second-order valence-corrected chi connectivity index (χ2v) is 3.78. The molecular weight excluding hydrogens is 203 g/mol. The molecule has 74 valence electrons. The zero-order chi connectivity index (χ0) is 9.99. The molecule has 0 spiro atoms. The first-order valence-electron chi connectivity index (χ1n) is 2.91. The monoisotopic (exact) mass is 210 g/mol. The summed E-state index contributed by atoms with van der Waals surface area (Å²) >= 11 is 0.